The van der Waals surface area contributed by atoms with Gasteiger partial charge in [0.25, 0.3) is 0 Å². The van der Waals surface area contributed by atoms with Gasteiger partial charge in [0.05, 0.1) is 13.2 Å². The highest BCUT2D eigenvalue weighted by atomic mass is 35.5. The molecule has 0 heterocycles. The maximum Gasteiger partial charge on any atom is 0.121 e. The van der Waals surface area contributed by atoms with Gasteiger partial charge in [-0.05, 0) is 41.8 Å². The van der Waals surface area contributed by atoms with E-state index in [-0.39, 0.29) is 6.04 Å². The summed E-state index contributed by atoms with van der Waals surface area (Å²) < 4.78 is 5.24. The monoisotopic (exact) mass is 261 g/mol. The summed E-state index contributed by atoms with van der Waals surface area (Å²) in [4.78, 5) is 0. The van der Waals surface area contributed by atoms with Crippen molar-refractivity contribution in [3.05, 3.63) is 64.2 Å². The minimum Gasteiger partial charge on any atom is -0.496 e. The van der Waals surface area contributed by atoms with Crippen molar-refractivity contribution in [1.82, 2.24) is 0 Å². The number of methoxy groups -OCH3 is 1. The average Bonchev–Trinajstić information content (AvgIpc) is 2.37. The van der Waals surface area contributed by atoms with E-state index in [0.717, 1.165) is 22.4 Å². The van der Waals surface area contributed by atoms with Crippen LogP contribution in [0.3, 0.4) is 0 Å². The van der Waals surface area contributed by atoms with E-state index in [1.807, 2.05) is 49.4 Å². The zero-order valence-corrected chi connectivity index (χ0v) is 11.2. The Balaban J connectivity index is 2.34. The van der Waals surface area contributed by atoms with Gasteiger partial charge in [-0.2, -0.15) is 0 Å². The minimum absolute atomic E-state index is 0.173. The molecule has 0 spiro atoms. The van der Waals surface area contributed by atoms with Gasteiger partial charge < -0.3 is 10.5 Å². The van der Waals surface area contributed by atoms with Crippen molar-refractivity contribution in [2.45, 2.75) is 13.0 Å². The topological polar surface area (TPSA) is 35.2 Å². The fourth-order valence-electron chi connectivity index (χ4n) is 1.99. The second kappa shape index (κ2) is 5.42. The molecule has 0 saturated carbocycles. The van der Waals surface area contributed by atoms with E-state index in [9.17, 15) is 0 Å². The predicted octanol–water partition coefficient (Wildman–Crippen LogP) is 3.71. The molecule has 0 aliphatic rings. The molecule has 0 bridgehead atoms. The summed E-state index contributed by atoms with van der Waals surface area (Å²) in [6.45, 7) is 2.01. The van der Waals surface area contributed by atoms with Gasteiger partial charge in [0.1, 0.15) is 5.75 Å². The van der Waals surface area contributed by atoms with Crippen LogP contribution in [0.5, 0.6) is 5.75 Å². The van der Waals surface area contributed by atoms with Crippen molar-refractivity contribution >= 4 is 11.6 Å². The van der Waals surface area contributed by atoms with Crippen LogP contribution in [-0.2, 0) is 0 Å². The standard InChI is InChI=1S/C15H16ClNO/c1-10-8-12(6-7-14(10)18-2)15(17)11-4-3-5-13(16)9-11/h3-9,15H,17H2,1-2H3. The third-order valence-electron chi connectivity index (χ3n) is 2.99. The summed E-state index contributed by atoms with van der Waals surface area (Å²) in [5, 5.41) is 0.702. The number of hydrogen-bond acceptors (Lipinski definition) is 2. The van der Waals surface area contributed by atoms with Crippen LogP contribution in [0, 0.1) is 6.92 Å². The van der Waals surface area contributed by atoms with E-state index in [1.54, 1.807) is 7.11 Å². The molecule has 0 amide bonds. The lowest BCUT2D eigenvalue weighted by atomic mass is 9.98. The molecular formula is C15H16ClNO. The van der Waals surface area contributed by atoms with Crippen LogP contribution in [0.2, 0.25) is 5.02 Å². The van der Waals surface area contributed by atoms with Gasteiger partial charge in [-0.3, -0.25) is 0 Å². The highest BCUT2D eigenvalue weighted by Gasteiger charge is 2.10. The molecule has 0 saturated heterocycles. The molecule has 2 nitrogen and oxygen atoms in total. The van der Waals surface area contributed by atoms with Crippen molar-refractivity contribution in [2.24, 2.45) is 5.73 Å². The Kier molecular flexibility index (Phi) is 3.90. The third kappa shape index (κ3) is 2.66. The summed E-state index contributed by atoms with van der Waals surface area (Å²) in [5.41, 5.74) is 9.38. The third-order valence-corrected chi connectivity index (χ3v) is 3.22. The Morgan fingerprint density at radius 2 is 1.83 bits per heavy atom. The molecule has 0 aromatic heterocycles. The van der Waals surface area contributed by atoms with Crippen molar-refractivity contribution in [3.63, 3.8) is 0 Å². The molecule has 94 valence electrons. The molecule has 1 atom stereocenters. The van der Waals surface area contributed by atoms with Gasteiger partial charge in [-0.25, -0.2) is 0 Å². The minimum atomic E-state index is -0.173. The largest absolute Gasteiger partial charge is 0.496 e. The number of benzene rings is 2. The Hall–Kier alpha value is -1.51. The highest BCUT2D eigenvalue weighted by molar-refractivity contribution is 6.30. The fourth-order valence-corrected chi connectivity index (χ4v) is 2.19. The van der Waals surface area contributed by atoms with Crippen molar-refractivity contribution < 1.29 is 4.74 Å². The van der Waals surface area contributed by atoms with Gasteiger partial charge in [0, 0.05) is 5.02 Å². The first-order valence-corrected chi connectivity index (χ1v) is 6.15. The summed E-state index contributed by atoms with van der Waals surface area (Å²) >= 11 is 5.98. The molecule has 0 radical (unpaired) electrons. The number of nitrogens with two attached hydrogens (primary N) is 1. The van der Waals surface area contributed by atoms with Crippen LogP contribution in [-0.4, -0.2) is 7.11 Å². The maximum atomic E-state index is 6.25. The number of ether oxygens (including phenoxy) is 1. The van der Waals surface area contributed by atoms with Gasteiger partial charge in [-0.1, -0.05) is 35.9 Å². The number of aryl methyl sites for hydroxylation is 1. The smallest absolute Gasteiger partial charge is 0.121 e. The zero-order valence-electron chi connectivity index (χ0n) is 10.5. The maximum absolute atomic E-state index is 6.25. The van der Waals surface area contributed by atoms with E-state index in [4.69, 9.17) is 22.1 Å². The van der Waals surface area contributed by atoms with Crippen LogP contribution >= 0.6 is 11.6 Å². The molecule has 3 heteroatoms. The van der Waals surface area contributed by atoms with E-state index in [0.29, 0.717) is 5.02 Å². The van der Waals surface area contributed by atoms with Gasteiger partial charge >= 0.3 is 0 Å². The predicted molar refractivity (Wildman–Crippen MR) is 75.2 cm³/mol. The Morgan fingerprint density at radius 3 is 2.44 bits per heavy atom. The van der Waals surface area contributed by atoms with Crippen molar-refractivity contribution in [1.29, 1.82) is 0 Å². The fraction of sp³-hybridized carbons (Fsp3) is 0.200. The molecule has 1 unspecified atom stereocenters. The first-order chi connectivity index (χ1) is 8.61. The lowest BCUT2D eigenvalue weighted by molar-refractivity contribution is 0.411. The Morgan fingerprint density at radius 1 is 1.11 bits per heavy atom. The first-order valence-electron chi connectivity index (χ1n) is 5.77. The van der Waals surface area contributed by atoms with Gasteiger partial charge in [-0.15, -0.1) is 0 Å². The van der Waals surface area contributed by atoms with Crippen LogP contribution in [0.25, 0.3) is 0 Å². The molecule has 2 aromatic rings. The van der Waals surface area contributed by atoms with E-state index in [1.165, 1.54) is 0 Å². The number of halogens is 1. The second-order valence-electron chi connectivity index (χ2n) is 4.26. The molecular weight excluding hydrogens is 246 g/mol. The molecule has 0 aliphatic heterocycles. The lowest BCUT2D eigenvalue weighted by Crippen LogP contribution is -2.12. The Labute approximate surface area is 112 Å². The van der Waals surface area contributed by atoms with Crippen molar-refractivity contribution in [2.75, 3.05) is 7.11 Å². The van der Waals surface area contributed by atoms with Crippen molar-refractivity contribution in [3.8, 4) is 5.75 Å². The molecule has 18 heavy (non-hydrogen) atoms. The summed E-state index contributed by atoms with van der Waals surface area (Å²) in [7, 11) is 1.67. The SMILES string of the molecule is COc1ccc(C(N)c2cccc(Cl)c2)cc1C. The summed E-state index contributed by atoms with van der Waals surface area (Å²) in [6, 6.07) is 13.4. The molecule has 2 aromatic carbocycles. The average molecular weight is 262 g/mol. The lowest BCUT2D eigenvalue weighted by Gasteiger charge is -2.15. The van der Waals surface area contributed by atoms with E-state index >= 15 is 0 Å². The molecule has 2 rings (SSSR count). The zero-order chi connectivity index (χ0) is 13.1. The second-order valence-corrected chi connectivity index (χ2v) is 4.70. The number of hydrogen-bond donors (Lipinski definition) is 1. The number of rotatable bonds is 3. The van der Waals surface area contributed by atoms with Gasteiger partial charge in [0.2, 0.25) is 0 Å². The van der Waals surface area contributed by atoms with E-state index in [2.05, 4.69) is 0 Å². The molecule has 2 N–H and O–H groups in total. The summed E-state index contributed by atoms with van der Waals surface area (Å²) in [5.74, 6) is 0.872. The quantitative estimate of drug-likeness (QED) is 0.914. The highest BCUT2D eigenvalue weighted by Crippen LogP contribution is 2.26. The first kappa shape index (κ1) is 12.9. The normalized spacial score (nSPS) is 12.2. The molecule has 0 aliphatic carbocycles. The van der Waals surface area contributed by atoms with Gasteiger partial charge in [0.15, 0.2) is 0 Å². The summed E-state index contributed by atoms with van der Waals surface area (Å²) in [6.07, 6.45) is 0. The molecule has 0 fully saturated rings. The van der Waals surface area contributed by atoms with Crippen LogP contribution in [0.1, 0.15) is 22.7 Å². The van der Waals surface area contributed by atoms with E-state index < -0.39 is 0 Å². The van der Waals surface area contributed by atoms with Crippen LogP contribution < -0.4 is 10.5 Å². The van der Waals surface area contributed by atoms with Crippen LogP contribution in [0.4, 0.5) is 0 Å². The van der Waals surface area contributed by atoms with Crippen LogP contribution in [0.15, 0.2) is 42.5 Å². The Bertz CT molecular complexity index is 554.